The summed E-state index contributed by atoms with van der Waals surface area (Å²) >= 11 is 0. The van der Waals surface area contributed by atoms with Crippen molar-refractivity contribution in [2.75, 3.05) is 79.3 Å². The van der Waals surface area contributed by atoms with Crippen molar-refractivity contribution in [1.82, 2.24) is 0 Å². The zero-order valence-corrected chi connectivity index (χ0v) is 19.6. The number of unbranched alkanes of at least 4 members (excludes halogenated alkanes) is 3. The molecule has 0 aliphatic carbocycles. The Balaban J connectivity index is 3.00. The maximum absolute atomic E-state index is 5.58. The predicted molar refractivity (Wildman–Crippen MR) is 118 cm³/mol. The van der Waals surface area contributed by atoms with E-state index in [4.69, 9.17) is 28.4 Å². The molecule has 0 aliphatic heterocycles. The molecule has 0 fully saturated rings. The van der Waals surface area contributed by atoms with Crippen molar-refractivity contribution in [2.45, 2.75) is 59.8 Å². The zero-order valence-electron chi connectivity index (χ0n) is 19.6. The topological polar surface area (TPSA) is 55.4 Å². The van der Waals surface area contributed by atoms with Gasteiger partial charge in [-0.1, -0.05) is 53.4 Å². The Morgan fingerprint density at radius 2 is 0.759 bits per heavy atom. The predicted octanol–water partition coefficient (Wildman–Crippen LogP) is 4.35. The number of hydrogen-bond donors (Lipinski definition) is 0. The van der Waals surface area contributed by atoms with E-state index >= 15 is 0 Å². The first kappa shape index (κ1) is 28.8. The lowest BCUT2D eigenvalue weighted by molar-refractivity contribution is -0.0179. The second-order valence-electron chi connectivity index (χ2n) is 8.13. The van der Waals surface area contributed by atoms with E-state index in [-0.39, 0.29) is 0 Å². The molecule has 0 aromatic rings. The first-order valence-corrected chi connectivity index (χ1v) is 11.6. The van der Waals surface area contributed by atoms with Gasteiger partial charge in [-0.3, -0.25) is 0 Å². The highest BCUT2D eigenvalue weighted by Gasteiger charge is 1.97. The van der Waals surface area contributed by atoms with E-state index in [1.54, 1.807) is 0 Å². The van der Waals surface area contributed by atoms with E-state index in [0.717, 1.165) is 25.6 Å². The van der Waals surface area contributed by atoms with Crippen molar-refractivity contribution in [3.63, 3.8) is 0 Å². The normalized spacial score (nSPS) is 11.8. The van der Waals surface area contributed by atoms with Crippen molar-refractivity contribution in [1.29, 1.82) is 0 Å². The van der Waals surface area contributed by atoms with E-state index in [0.29, 0.717) is 72.0 Å². The molecule has 0 saturated heterocycles. The molecule has 0 unspecified atom stereocenters. The summed E-state index contributed by atoms with van der Waals surface area (Å²) in [4.78, 5) is 0. The highest BCUT2D eigenvalue weighted by Crippen LogP contribution is 2.09. The quantitative estimate of drug-likeness (QED) is 0.216. The smallest absolute Gasteiger partial charge is 0.0701 e. The maximum atomic E-state index is 5.58. The van der Waals surface area contributed by atoms with Gasteiger partial charge in [-0.15, -0.1) is 0 Å². The zero-order chi connectivity index (χ0) is 21.4. The van der Waals surface area contributed by atoms with Gasteiger partial charge in [0.1, 0.15) is 0 Å². The summed E-state index contributed by atoms with van der Waals surface area (Å²) < 4.78 is 32.8. The molecule has 29 heavy (non-hydrogen) atoms. The molecule has 0 aliphatic rings. The Bertz CT molecular complexity index is 271. The molecule has 0 amide bonds. The van der Waals surface area contributed by atoms with Gasteiger partial charge in [-0.05, 0) is 18.3 Å². The third-order valence-corrected chi connectivity index (χ3v) is 4.13. The third kappa shape index (κ3) is 27.8. The van der Waals surface area contributed by atoms with Crippen LogP contribution in [0.2, 0.25) is 0 Å². The van der Waals surface area contributed by atoms with Crippen LogP contribution in [0.25, 0.3) is 0 Å². The Morgan fingerprint density at radius 1 is 0.379 bits per heavy atom. The van der Waals surface area contributed by atoms with Crippen LogP contribution >= 0.6 is 0 Å². The number of hydrogen-bond acceptors (Lipinski definition) is 6. The second-order valence-corrected chi connectivity index (χ2v) is 8.13. The van der Waals surface area contributed by atoms with Crippen LogP contribution in [0.15, 0.2) is 0 Å². The molecule has 0 N–H and O–H groups in total. The molecule has 0 heterocycles. The number of rotatable bonds is 24. The largest absolute Gasteiger partial charge is 0.379 e. The van der Waals surface area contributed by atoms with Crippen LogP contribution in [0.4, 0.5) is 0 Å². The summed E-state index contributed by atoms with van der Waals surface area (Å²) in [6.45, 7) is 16.5. The summed E-state index contributed by atoms with van der Waals surface area (Å²) in [6.07, 6.45) is 6.42. The van der Waals surface area contributed by atoms with Gasteiger partial charge in [0.25, 0.3) is 0 Å². The molecular formula is C23H48O6. The molecule has 6 heteroatoms. The summed E-state index contributed by atoms with van der Waals surface area (Å²) in [6, 6.07) is 0. The van der Waals surface area contributed by atoms with Crippen molar-refractivity contribution in [2.24, 2.45) is 11.8 Å². The van der Waals surface area contributed by atoms with Crippen LogP contribution in [0.1, 0.15) is 59.8 Å². The monoisotopic (exact) mass is 420 g/mol. The number of ether oxygens (including phenoxy) is 6. The van der Waals surface area contributed by atoms with Crippen LogP contribution in [0.5, 0.6) is 0 Å². The lowest BCUT2D eigenvalue weighted by Gasteiger charge is -2.09. The molecular weight excluding hydrogens is 372 g/mol. The minimum absolute atomic E-state index is 0.566. The van der Waals surface area contributed by atoms with Gasteiger partial charge in [0.15, 0.2) is 0 Å². The lowest BCUT2D eigenvalue weighted by Crippen LogP contribution is -2.14. The van der Waals surface area contributed by atoms with Crippen LogP contribution < -0.4 is 0 Å². The van der Waals surface area contributed by atoms with E-state index in [1.807, 2.05) is 0 Å². The SMILES string of the molecule is CC(C)CCCCCCOCCOCCOCCOCCOCCOCC(C)C. The Labute approximate surface area is 179 Å². The van der Waals surface area contributed by atoms with Gasteiger partial charge >= 0.3 is 0 Å². The fraction of sp³-hybridized carbons (Fsp3) is 1.00. The van der Waals surface area contributed by atoms with Gasteiger partial charge in [-0.2, -0.15) is 0 Å². The maximum Gasteiger partial charge on any atom is 0.0701 e. The van der Waals surface area contributed by atoms with Crippen molar-refractivity contribution in [3.8, 4) is 0 Å². The van der Waals surface area contributed by atoms with Gasteiger partial charge < -0.3 is 28.4 Å². The molecule has 0 saturated carbocycles. The summed E-state index contributed by atoms with van der Waals surface area (Å²) in [5.41, 5.74) is 0. The summed E-state index contributed by atoms with van der Waals surface area (Å²) in [7, 11) is 0. The average Bonchev–Trinajstić information content (AvgIpc) is 2.68. The Kier molecular flexibility index (Phi) is 23.8. The average molecular weight is 421 g/mol. The summed E-state index contributed by atoms with van der Waals surface area (Å²) in [5, 5.41) is 0. The Morgan fingerprint density at radius 3 is 1.17 bits per heavy atom. The third-order valence-electron chi connectivity index (χ3n) is 4.13. The molecule has 0 bridgehead atoms. The van der Waals surface area contributed by atoms with E-state index in [9.17, 15) is 0 Å². The molecule has 0 aromatic carbocycles. The lowest BCUT2D eigenvalue weighted by atomic mass is 10.0. The van der Waals surface area contributed by atoms with E-state index in [1.165, 1.54) is 25.7 Å². The minimum atomic E-state index is 0.566. The second kappa shape index (κ2) is 24.0. The molecule has 0 rings (SSSR count). The standard InChI is InChI=1S/C23H48O6/c1-22(2)9-7-5-6-8-10-24-11-12-25-13-14-26-15-16-27-17-18-28-19-20-29-21-23(3)4/h22-23H,5-21H2,1-4H3. The van der Waals surface area contributed by atoms with Crippen molar-refractivity contribution < 1.29 is 28.4 Å². The van der Waals surface area contributed by atoms with Gasteiger partial charge in [0, 0.05) is 13.2 Å². The highest BCUT2D eigenvalue weighted by atomic mass is 16.6. The minimum Gasteiger partial charge on any atom is -0.379 e. The van der Waals surface area contributed by atoms with Gasteiger partial charge in [0.05, 0.1) is 66.1 Å². The van der Waals surface area contributed by atoms with Crippen LogP contribution in [0.3, 0.4) is 0 Å². The van der Waals surface area contributed by atoms with Gasteiger partial charge in [-0.25, -0.2) is 0 Å². The van der Waals surface area contributed by atoms with Crippen molar-refractivity contribution >= 4 is 0 Å². The fourth-order valence-corrected chi connectivity index (χ4v) is 2.53. The molecule has 0 radical (unpaired) electrons. The van der Waals surface area contributed by atoms with E-state index in [2.05, 4.69) is 27.7 Å². The van der Waals surface area contributed by atoms with Crippen LogP contribution in [0, 0.1) is 11.8 Å². The molecule has 6 nitrogen and oxygen atoms in total. The van der Waals surface area contributed by atoms with Crippen molar-refractivity contribution in [3.05, 3.63) is 0 Å². The summed E-state index contributed by atoms with van der Waals surface area (Å²) in [5.74, 6) is 1.39. The van der Waals surface area contributed by atoms with Gasteiger partial charge in [0.2, 0.25) is 0 Å². The molecule has 0 aromatic heterocycles. The highest BCUT2D eigenvalue weighted by molar-refractivity contribution is 4.48. The van der Waals surface area contributed by atoms with Crippen LogP contribution in [-0.4, -0.2) is 79.3 Å². The first-order chi connectivity index (χ1) is 14.1. The van der Waals surface area contributed by atoms with Crippen LogP contribution in [-0.2, 0) is 28.4 Å². The fourth-order valence-electron chi connectivity index (χ4n) is 2.53. The van der Waals surface area contributed by atoms with E-state index < -0.39 is 0 Å². The molecule has 176 valence electrons. The first-order valence-electron chi connectivity index (χ1n) is 11.6. The molecule has 0 atom stereocenters. The Hall–Kier alpha value is -0.240. The molecule has 0 spiro atoms.